The Balaban J connectivity index is 2.73. The van der Waals surface area contributed by atoms with Crippen LogP contribution < -0.4 is 0 Å². The number of rotatable bonds is 4. The maximum absolute atomic E-state index is 5.93. The molecule has 78 valence electrons. The summed E-state index contributed by atoms with van der Waals surface area (Å²) in [5.74, 6) is 0.654. The fraction of sp³-hybridized carbons (Fsp3) is 0.455. The normalized spacial score (nSPS) is 13.2. The lowest BCUT2D eigenvalue weighted by Crippen LogP contribution is -2.24. The lowest BCUT2D eigenvalue weighted by atomic mass is 10.1. The number of hydrogen-bond acceptors (Lipinski definition) is 1. The average molecular weight is 232 g/mol. The van der Waals surface area contributed by atoms with Gasteiger partial charge in [-0.2, -0.15) is 0 Å². The minimum Gasteiger partial charge on any atom is -0.298 e. The van der Waals surface area contributed by atoms with Crippen molar-refractivity contribution < 1.29 is 0 Å². The highest BCUT2D eigenvalue weighted by Crippen LogP contribution is 2.21. The Hall–Kier alpha value is -0.240. The van der Waals surface area contributed by atoms with Gasteiger partial charge in [0.1, 0.15) is 0 Å². The van der Waals surface area contributed by atoms with E-state index in [0.29, 0.717) is 11.9 Å². The van der Waals surface area contributed by atoms with Crippen molar-refractivity contribution in [2.75, 3.05) is 19.5 Å². The summed E-state index contributed by atoms with van der Waals surface area (Å²) < 4.78 is 0. The third-order valence-corrected chi connectivity index (χ3v) is 2.83. The molecule has 0 amide bonds. The molecular weight excluding hydrogens is 217 g/mol. The summed E-state index contributed by atoms with van der Waals surface area (Å²) in [6.07, 6.45) is 0. The minimum atomic E-state index is 0.354. The van der Waals surface area contributed by atoms with Crippen molar-refractivity contribution >= 4 is 23.2 Å². The molecular formula is C11H15Cl2N. The molecule has 0 saturated carbocycles. The lowest BCUT2D eigenvalue weighted by Gasteiger charge is -2.24. The molecule has 0 radical (unpaired) electrons. The molecule has 1 aromatic carbocycles. The quantitative estimate of drug-likeness (QED) is 0.717. The van der Waals surface area contributed by atoms with Gasteiger partial charge in [0.05, 0.1) is 0 Å². The predicted molar refractivity (Wildman–Crippen MR) is 63.2 cm³/mol. The van der Waals surface area contributed by atoms with Gasteiger partial charge in [-0.3, -0.25) is 4.90 Å². The lowest BCUT2D eigenvalue weighted by molar-refractivity contribution is 0.277. The molecule has 1 aromatic rings. The first-order valence-electron chi connectivity index (χ1n) is 4.67. The van der Waals surface area contributed by atoms with Crippen molar-refractivity contribution in [1.82, 2.24) is 4.90 Å². The van der Waals surface area contributed by atoms with Gasteiger partial charge in [-0.05, 0) is 31.7 Å². The molecule has 1 unspecified atom stereocenters. The summed E-state index contributed by atoms with van der Waals surface area (Å²) >= 11 is 11.6. The van der Waals surface area contributed by atoms with Crippen LogP contribution in [0.3, 0.4) is 0 Å². The van der Waals surface area contributed by atoms with Gasteiger partial charge >= 0.3 is 0 Å². The Morgan fingerprint density at radius 3 is 2.71 bits per heavy atom. The second-order valence-electron chi connectivity index (χ2n) is 3.40. The second kappa shape index (κ2) is 5.59. The van der Waals surface area contributed by atoms with Crippen LogP contribution in [-0.4, -0.2) is 24.4 Å². The third-order valence-electron chi connectivity index (χ3n) is 2.43. The van der Waals surface area contributed by atoms with Gasteiger partial charge in [0.15, 0.2) is 0 Å². The van der Waals surface area contributed by atoms with Crippen LogP contribution >= 0.6 is 23.2 Å². The standard InChI is InChI=1S/C11H15Cl2N/c1-9(14(2)7-6-12)10-4-3-5-11(13)8-10/h3-5,8-9H,6-7H2,1-2H3. The largest absolute Gasteiger partial charge is 0.298 e. The Labute approximate surface area is 95.6 Å². The van der Waals surface area contributed by atoms with E-state index in [9.17, 15) is 0 Å². The number of hydrogen-bond donors (Lipinski definition) is 0. The summed E-state index contributed by atoms with van der Waals surface area (Å²) in [7, 11) is 2.06. The smallest absolute Gasteiger partial charge is 0.0409 e. The molecule has 3 heteroatoms. The van der Waals surface area contributed by atoms with Crippen LogP contribution in [0.2, 0.25) is 5.02 Å². The van der Waals surface area contributed by atoms with Gasteiger partial charge in [-0.15, -0.1) is 11.6 Å². The summed E-state index contributed by atoms with van der Waals surface area (Å²) in [6, 6.07) is 8.30. The molecule has 0 spiro atoms. The van der Waals surface area contributed by atoms with Crippen LogP contribution in [0.1, 0.15) is 18.5 Å². The van der Waals surface area contributed by atoms with E-state index < -0.39 is 0 Å². The molecule has 0 fully saturated rings. The van der Waals surface area contributed by atoms with E-state index in [4.69, 9.17) is 23.2 Å². The molecule has 0 aromatic heterocycles. The first-order valence-corrected chi connectivity index (χ1v) is 5.58. The van der Waals surface area contributed by atoms with Crippen LogP contribution in [-0.2, 0) is 0 Å². The summed E-state index contributed by atoms with van der Waals surface area (Å²) in [4.78, 5) is 2.21. The van der Waals surface area contributed by atoms with E-state index in [0.717, 1.165) is 11.6 Å². The van der Waals surface area contributed by atoms with Crippen molar-refractivity contribution in [3.8, 4) is 0 Å². The van der Waals surface area contributed by atoms with Crippen molar-refractivity contribution in [3.63, 3.8) is 0 Å². The zero-order valence-electron chi connectivity index (χ0n) is 8.50. The monoisotopic (exact) mass is 231 g/mol. The van der Waals surface area contributed by atoms with Crippen molar-refractivity contribution in [3.05, 3.63) is 34.9 Å². The van der Waals surface area contributed by atoms with Crippen LogP contribution in [0.25, 0.3) is 0 Å². The average Bonchev–Trinajstić information content (AvgIpc) is 2.17. The number of halogens is 2. The first-order chi connectivity index (χ1) is 6.65. The maximum Gasteiger partial charge on any atom is 0.0409 e. The molecule has 1 atom stereocenters. The van der Waals surface area contributed by atoms with Gasteiger partial charge in [-0.1, -0.05) is 23.7 Å². The Kier molecular flexibility index (Phi) is 4.73. The highest BCUT2D eigenvalue weighted by molar-refractivity contribution is 6.30. The summed E-state index contributed by atoms with van der Waals surface area (Å²) in [5, 5.41) is 0.786. The minimum absolute atomic E-state index is 0.354. The van der Waals surface area contributed by atoms with E-state index in [1.54, 1.807) is 0 Å². The van der Waals surface area contributed by atoms with Crippen LogP contribution in [0.5, 0.6) is 0 Å². The first kappa shape index (κ1) is 11.8. The fourth-order valence-electron chi connectivity index (χ4n) is 1.35. The Morgan fingerprint density at radius 1 is 1.43 bits per heavy atom. The number of benzene rings is 1. The van der Waals surface area contributed by atoms with E-state index in [1.807, 2.05) is 18.2 Å². The van der Waals surface area contributed by atoms with E-state index in [-0.39, 0.29) is 0 Å². The molecule has 14 heavy (non-hydrogen) atoms. The van der Waals surface area contributed by atoms with E-state index in [1.165, 1.54) is 5.56 Å². The third kappa shape index (κ3) is 3.16. The van der Waals surface area contributed by atoms with Gasteiger partial charge in [0.25, 0.3) is 0 Å². The number of nitrogens with zero attached hydrogens (tertiary/aromatic N) is 1. The van der Waals surface area contributed by atoms with Crippen molar-refractivity contribution in [1.29, 1.82) is 0 Å². The SMILES string of the molecule is CC(c1cccc(Cl)c1)N(C)CCCl. The van der Waals surface area contributed by atoms with E-state index >= 15 is 0 Å². The highest BCUT2D eigenvalue weighted by atomic mass is 35.5. The molecule has 0 heterocycles. The molecule has 1 rings (SSSR count). The van der Waals surface area contributed by atoms with Gasteiger partial charge in [0, 0.05) is 23.5 Å². The van der Waals surface area contributed by atoms with Crippen LogP contribution in [0.4, 0.5) is 0 Å². The molecule has 0 aliphatic carbocycles. The Bertz CT molecular complexity index is 288. The predicted octanol–water partition coefficient (Wildman–Crippen LogP) is 3.57. The summed E-state index contributed by atoms with van der Waals surface area (Å²) in [6.45, 7) is 3.04. The molecule has 0 N–H and O–H groups in total. The van der Waals surface area contributed by atoms with Gasteiger partial charge in [-0.25, -0.2) is 0 Å². The van der Waals surface area contributed by atoms with E-state index in [2.05, 4.69) is 24.9 Å². The molecule has 0 aliphatic heterocycles. The molecule has 1 nitrogen and oxygen atoms in total. The zero-order valence-corrected chi connectivity index (χ0v) is 10.0. The van der Waals surface area contributed by atoms with Gasteiger partial charge < -0.3 is 0 Å². The number of alkyl halides is 1. The van der Waals surface area contributed by atoms with Gasteiger partial charge in [0.2, 0.25) is 0 Å². The molecule has 0 aliphatic rings. The zero-order chi connectivity index (χ0) is 10.6. The molecule has 0 saturated heterocycles. The van der Waals surface area contributed by atoms with Crippen LogP contribution in [0, 0.1) is 0 Å². The maximum atomic E-state index is 5.93. The van der Waals surface area contributed by atoms with Crippen molar-refractivity contribution in [2.45, 2.75) is 13.0 Å². The summed E-state index contributed by atoms with van der Waals surface area (Å²) in [5.41, 5.74) is 1.23. The second-order valence-corrected chi connectivity index (χ2v) is 4.21. The Morgan fingerprint density at radius 2 is 2.14 bits per heavy atom. The fourth-order valence-corrected chi connectivity index (χ4v) is 1.81. The van der Waals surface area contributed by atoms with Crippen molar-refractivity contribution in [2.24, 2.45) is 0 Å². The molecule has 0 bridgehead atoms. The highest BCUT2D eigenvalue weighted by Gasteiger charge is 2.10. The topological polar surface area (TPSA) is 3.24 Å². The van der Waals surface area contributed by atoms with Crippen LogP contribution in [0.15, 0.2) is 24.3 Å².